The molecule has 0 aliphatic rings. The maximum absolute atomic E-state index is 6.14. The lowest BCUT2D eigenvalue weighted by molar-refractivity contribution is 0.307. The van der Waals surface area contributed by atoms with Gasteiger partial charge in [0.15, 0.2) is 0 Å². The third-order valence-corrected chi connectivity index (χ3v) is 4.95. The maximum Gasteiger partial charge on any atom is 0.222 e. The van der Waals surface area contributed by atoms with Crippen molar-refractivity contribution < 1.29 is 4.74 Å². The third kappa shape index (κ3) is 3.73. The van der Waals surface area contributed by atoms with Crippen molar-refractivity contribution >= 4 is 34.0 Å². The van der Waals surface area contributed by atoms with E-state index < -0.39 is 0 Å². The van der Waals surface area contributed by atoms with Gasteiger partial charge in [0.05, 0.1) is 17.2 Å². The highest BCUT2D eigenvalue weighted by molar-refractivity contribution is 5.86. The minimum absolute atomic E-state index is 0.489. The van der Waals surface area contributed by atoms with Crippen LogP contribution in [0.25, 0.3) is 21.8 Å². The number of ether oxygens (including phenoxy) is 1. The maximum atomic E-state index is 6.14. The molecule has 0 aliphatic carbocycles. The van der Waals surface area contributed by atoms with Gasteiger partial charge in [-0.05, 0) is 40.6 Å². The summed E-state index contributed by atoms with van der Waals surface area (Å²) in [6, 6.07) is 30.3. The molecule has 0 atom stereocenters. The first-order chi connectivity index (χ1) is 14.9. The summed E-state index contributed by atoms with van der Waals surface area (Å²) in [7, 11) is 0. The molecule has 5 heteroatoms. The van der Waals surface area contributed by atoms with Gasteiger partial charge >= 0.3 is 0 Å². The van der Waals surface area contributed by atoms with E-state index in [9.17, 15) is 0 Å². The smallest absolute Gasteiger partial charge is 0.222 e. The first-order valence-corrected chi connectivity index (χ1v) is 9.79. The van der Waals surface area contributed by atoms with Crippen LogP contribution in [0.3, 0.4) is 0 Å². The molecule has 1 heterocycles. The largest absolute Gasteiger partial charge is 0.488 e. The zero-order valence-corrected chi connectivity index (χ0v) is 16.2. The molecule has 0 amide bonds. The Morgan fingerprint density at radius 2 is 1.67 bits per heavy atom. The van der Waals surface area contributed by atoms with Crippen LogP contribution in [0.4, 0.5) is 5.95 Å². The van der Waals surface area contributed by atoms with Crippen molar-refractivity contribution in [3.63, 3.8) is 0 Å². The molecule has 5 aromatic rings. The van der Waals surface area contributed by atoms with Gasteiger partial charge < -0.3 is 9.72 Å². The predicted octanol–water partition coefficient (Wildman–Crippen LogP) is 5.74. The second-order valence-corrected chi connectivity index (χ2v) is 6.94. The van der Waals surface area contributed by atoms with Gasteiger partial charge in [-0.25, -0.2) is 10.4 Å². The Morgan fingerprint density at radius 3 is 2.63 bits per heavy atom. The number of H-pyrrole nitrogens is 1. The Bertz CT molecular complexity index is 1300. The van der Waals surface area contributed by atoms with Crippen molar-refractivity contribution in [3.05, 3.63) is 102 Å². The van der Waals surface area contributed by atoms with Gasteiger partial charge in [0, 0.05) is 5.56 Å². The van der Waals surface area contributed by atoms with E-state index in [0.29, 0.717) is 12.6 Å². The average molecular weight is 392 g/mol. The van der Waals surface area contributed by atoms with Gasteiger partial charge in [-0.1, -0.05) is 66.7 Å². The Kier molecular flexibility index (Phi) is 4.84. The van der Waals surface area contributed by atoms with Gasteiger partial charge in [0.2, 0.25) is 5.95 Å². The number of fused-ring (bicyclic) bond motifs is 2. The van der Waals surface area contributed by atoms with Crippen LogP contribution in [0.1, 0.15) is 11.1 Å². The Morgan fingerprint density at radius 1 is 0.867 bits per heavy atom. The lowest BCUT2D eigenvalue weighted by Crippen LogP contribution is -2.00. The molecular formula is C25H20N4O. The number of anilines is 1. The Balaban J connectivity index is 1.32. The number of hydrogen-bond acceptors (Lipinski definition) is 4. The predicted molar refractivity (Wildman–Crippen MR) is 122 cm³/mol. The summed E-state index contributed by atoms with van der Waals surface area (Å²) in [4.78, 5) is 7.65. The van der Waals surface area contributed by atoms with Crippen LogP contribution >= 0.6 is 0 Å². The normalized spacial score (nSPS) is 11.3. The van der Waals surface area contributed by atoms with E-state index in [1.807, 2.05) is 54.6 Å². The molecule has 1 aromatic heterocycles. The van der Waals surface area contributed by atoms with Gasteiger partial charge in [0.1, 0.15) is 12.4 Å². The molecule has 0 spiro atoms. The molecular weight excluding hydrogens is 372 g/mol. The lowest BCUT2D eigenvalue weighted by atomic mass is 10.1. The fourth-order valence-corrected chi connectivity index (χ4v) is 3.46. The summed E-state index contributed by atoms with van der Waals surface area (Å²) in [5.41, 5.74) is 6.86. The second-order valence-electron chi connectivity index (χ2n) is 6.94. The average Bonchev–Trinajstić information content (AvgIpc) is 3.21. The minimum atomic E-state index is 0.489. The van der Waals surface area contributed by atoms with E-state index in [4.69, 9.17) is 4.74 Å². The van der Waals surface area contributed by atoms with Crippen molar-refractivity contribution in [2.24, 2.45) is 5.10 Å². The first-order valence-electron chi connectivity index (χ1n) is 9.79. The number of rotatable bonds is 6. The molecule has 0 fully saturated rings. The highest BCUT2D eigenvalue weighted by Crippen LogP contribution is 2.22. The number of hydrazone groups is 1. The molecule has 0 saturated carbocycles. The van der Waals surface area contributed by atoms with Gasteiger partial charge in [-0.3, -0.25) is 0 Å². The standard InChI is InChI=1S/C25H20N4O/c1-3-12-21-18(8-1)10-7-11-20(21)17-30-24-15-6-2-9-19(24)16-26-29-25-27-22-13-4-5-14-23(22)28-25/h1-16H,17H2,(H2,27,28,29). The zero-order chi connectivity index (χ0) is 20.2. The topological polar surface area (TPSA) is 62.3 Å². The molecule has 5 rings (SSSR count). The fourth-order valence-electron chi connectivity index (χ4n) is 3.46. The van der Waals surface area contributed by atoms with Crippen LogP contribution in [0, 0.1) is 0 Å². The van der Waals surface area contributed by atoms with Gasteiger partial charge in [-0.2, -0.15) is 5.10 Å². The van der Waals surface area contributed by atoms with Crippen molar-refractivity contribution in [1.29, 1.82) is 0 Å². The van der Waals surface area contributed by atoms with E-state index in [2.05, 4.69) is 56.9 Å². The minimum Gasteiger partial charge on any atom is -0.488 e. The van der Waals surface area contributed by atoms with Crippen LogP contribution in [0.15, 0.2) is 96.1 Å². The highest BCUT2D eigenvalue weighted by atomic mass is 16.5. The van der Waals surface area contributed by atoms with Crippen LogP contribution in [-0.4, -0.2) is 16.2 Å². The molecule has 146 valence electrons. The number of aromatic nitrogens is 2. The summed E-state index contributed by atoms with van der Waals surface area (Å²) in [5, 5.41) is 6.74. The second kappa shape index (κ2) is 8.09. The van der Waals surface area contributed by atoms with Crippen molar-refractivity contribution in [1.82, 2.24) is 9.97 Å². The fraction of sp³-hybridized carbons (Fsp3) is 0.0400. The van der Waals surface area contributed by atoms with Crippen LogP contribution in [0.5, 0.6) is 5.75 Å². The molecule has 2 N–H and O–H groups in total. The van der Waals surface area contributed by atoms with E-state index in [0.717, 1.165) is 27.9 Å². The zero-order valence-electron chi connectivity index (χ0n) is 16.2. The first kappa shape index (κ1) is 17.9. The monoisotopic (exact) mass is 392 g/mol. The van der Waals surface area contributed by atoms with Crippen molar-refractivity contribution in [2.45, 2.75) is 6.61 Å². The van der Waals surface area contributed by atoms with Gasteiger partial charge in [-0.15, -0.1) is 0 Å². The number of nitrogens with one attached hydrogen (secondary N) is 2. The van der Waals surface area contributed by atoms with Crippen LogP contribution in [0.2, 0.25) is 0 Å². The molecule has 0 radical (unpaired) electrons. The molecule has 4 aromatic carbocycles. The van der Waals surface area contributed by atoms with Crippen molar-refractivity contribution in [2.75, 3.05) is 5.43 Å². The van der Waals surface area contributed by atoms with E-state index in [1.54, 1.807) is 6.21 Å². The molecule has 0 bridgehead atoms. The molecule has 0 saturated heterocycles. The SMILES string of the molecule is C(=NNc1nc2ccccc2[nH]1)c1ccccc1OCc1cccc2ccccc12. The lowest BCUT2D eigenvalue weighted by Gasteiger charge is -2.11. The summed E-state index contributed by atoms with van der Waals surface area (Å²) >= 11 is 0. The summed E-state index contributed by atoms with van der Waals surface area (Å²) < 4.78 is 6.14. The van der Waals surface area contributed by atoms with E-state index >= 15 is 0 Å². The number of imidazole rings is 1. The van der Waals surface area contributed by atoms with Crippen LogP contribution < -0.4 is 10.2 Å². The molecule has 30 heavy (non-hydrogen) atoms. The van der Waals surface area contributed by atoms with Crippen LogP contribution in [-0.2, 0) is 6.61 Å². The quantitative estimate of drug-likeness (QED) is 0.286. The third-order valence-electron chi connectivity index (χ3n) is 4.95. The Labute approximate surface area is 174 Å². The van der Waals surface area contributed by atoms with Gasteiger partial charge in [0.25, 0.3) is 0 Å². The number of aromatic amines is 1. The number of benzene rings is 4. The number of para-hydroxylation sites is 3. The Hall–Kier alpha value is -4.12. The summed E-state index contributed by atoms with van der Waals surface area (Å²) in [6.45, 7) is 0.489. The van der Waals surface area contributed by atoms with Crippen molar-refractivity contribution in [3.8, 4) is 5.75 Å². The molecule has 5 nitrogen and oxygen atoms in total. The number of nitrogens with zero attached hydrogens (tertiary/aromatic N) is 2. The summed E-state index contributed by atoms with van der Waals surface area (Å²) in [5.74, 6) is 1.38. The van der Waals surface area contributed by atoms with E-state index in [-0.39, 0.29) is 0 Å². The van der Waals surface area contributed by atoms with E-state index in [1.165, 1.54) is 10.8 Å². The molecule has 0 unspecified atom stereocenters. The number of hydrogen-bond donors (Lipinski definition) is 2. The highest BCUT2D eigenvalue weighted by Gasteiger charge is 2.05. The summed E-state index contributed by atoms with van der Waals surface area (Å²) in [6.07, 6.45) is 1.74. The molecule has 0 aliphatic heterocycles.